The quantitative estimate of drug-likeness (QED) is 0.570. The number of aromatic nitrogens is 3. The molecule has 0 aliphatic heterocycles. The number of H-pyrrole nitrogens is 1. The number of nitrogens with one attached hydrogen (secondary N) is 2. The largest absolute Gasteiger partial charge is 0.401 e. The number of nitrogens with zero attached hydrogens (tertiary/aromatic N) is 4. The molecule has 158 valence electrons. The van der Waals surface area contributed by atoms with Crippen molar-refractivity contribution in [3.8, 4) is 0 Å². The van der Waals surface area contributed by atoms with E-state index in [1.807, 2.05) is 19.2 Å². The molecule has 1 saturated carbocycles. The van der Waals surface area contributed by atoms with Gasteiger partial charge in [0, 0.05) is 43.5 Å². The molecule has 3 rings (SSSR count). The first-order valence-corrected chi connectivity index (χ1v) is 12.0. The topological polar surface area (TPSA) is 124 Å². The summed E-state index contributed by atoms with van der Waals surface area (Å²) in [5.74, 6) is 2.17. The molecule has 1 aliphatic carbocycles. The summed E-state index contributed by atoms with van der Waals surface area (Å²) in [5.41, 5.74) is 7.24. The number of hydrogen-bond donors (Lipinski definition) is 3. The van der Waals surface area contributed by atoms with Crippen LogP contribution in [0.25, 0.3) is 11.0 Å². The second-order valence-corrected chi connectivity index (χ2v) is 10.1. The Morgan fingerprint density at radius 2 is 2.17 bits per heavy atom. The summed E-state index contributed by atoms with van der Waals surface area (Å²) in [5, 5.41) is 8.19. The van der Waals surface area contributed by atoms with E-state index in [2.05, 4.69) is 31.3 Å². The monoisotopic (exact) mass is 417 g/mol. The predicted octanol–water partition coefficient (Wildman–Crippen LogP) is 2.93. The normalized spacial score (nSPS) is 22.2. The molecule has 9 heteroatoms. The highest BCUT2D eigenvalue weighted by atomic mass is 32.2. The maximum Gasteiger partial charge on any atom is 0.142 e. The highest BCUT2D eigenvalue weighted by molar-refractivity contribution is 7.93. The van der Waals surface area contributed by atoms with Gasteiger partial charge in [0.25, 0.3) is 0 Å². The van der Waals surface area contributed by atoms with Crippen LogP contribution in [0.15, 0.2) is 34.7 Å². The fraction of sp³-hybridized carbons (Fsp3) is 0.550. The maximum absolute atomic E-state index is 13.3. The first kappa shape index (κ1) is 21.3. The van der Waals surface area contributed by atoms with Crippen LogP contribution < -0.4 is 10.6 Å². The van der Waals surface area contributed by atoms with Gasteiger partial charge < -0.3 is 21.0 Å². The Hall–Kier alpha value is -2.42. The predicted molar refractivity (Wildman–Crippen MR) is 120 cm³/mol. The zero-order chi connectivity index (χ0) is 20.9. The lowest BCUT2D eigenvalue weighted by Gasteiger charge is -2.35. The molecule has 1 fully saturated rings. The Kier molecular flexibility index (Phi) is 6.89. The van der Waals surface area contributed by atoms with Crippen molar-refractivity contribution >= 4 is 32.8 Å². The van der Waals surface area contributed by atoms with E-state index in [0.29, 0.717) is 30.0 Å². The van der Waals surface area contributed by atoms with Gasteiger partial charge in [-0.15, -0.1) is 0 Å². The molecule has 0 spiro atoms. The second-order valence-electron chi connectivity index (χ2n) is 7.66. The maximum atomic E-state index is 13.3. The van der Waals surface area contributed by atoms with Gasteiger partial charge in [0.1, 0.15) is 17.8 Å². The van der Waals surface area contributed by atoms with Crippen LogP contribution in [-0.4, -0.2) is 56.5 Å². The van der Waals surface area contributed by atoms with Crippen molar-refractivity contribution in [1.82, 2.24) is 15.0 Å². The summed E-state index contributed by atoms with van der Waals surface area (Å²) in [6.07, 6.45) is 10.2. The molecule has 0 saturated heterocycles. The molecule has 8 nitrogen and oxygen atoms in total. The molecule has 2 aromatic heterocycles. The molecular weight excluding hydrogens is 386 g/mol. The van der Waals surface area contributed by atoms with Gasteiger partial charge in [-0.05, 0) is 50.7 Å². The molecule has 0 bridgehead atoms. The number of anilines is 1. The smallest absolute Gasteiger partial charge is 0.142 e. The number of allylic oxidation sites excluding steroid dienone is 1. The molecule has 0 radical (unpaired) electrons. The highest BCUT2D eigenvalue weighted by Crippen LogP contribution is 2.32. The molecule has 0 amide bonds. The Morgan fingerprint density at radius 1 is 1.41 bits per heavy atom. The Labute approximate surface area is 172 Å². The summed E-state index contributed by atoms with van der Waals surface area (Å²) in [4.78, 5) is 14.2. The Morgan fingerprint density at radius 3 is 2.86 bits per heavy atom. The van der Waals surface area contributed by atoms with Gasteiger partial charge in [-0.3, -0.25) is 0 Å². The lowest BCUT2D eigenvalue weighted by molar-refractivity contribution is 0.342. The third kappa shape index (κ3) is 5.14. The van der Waals surface area contributed by atoms with Crippen LogP contribution in [0.2, 0.25) is 0 Å². The first-order chi connectivity index (χ1) is 14.0. The molecule has 2 heterocycles. The van der Waals surface area contributed by atoms with Crippen molar-refractivity contribution in [2.75, 3.05) is 30.0 Å². The van der Waals surface area contributed by atoms with E-state index in [4.69, 9.17) is 11.1 Å². The van der Waals surface area contributed by atoms with E-state index in [1.54, 1.807) is 6.33 Å². The lowest BCUT2D eigenvalue weighted by atomic mass is 9.86. The van der Waals surface area contributed by atoms with Gasteiger partial charge in [0.2, 0.25) is 0 Å². The third-order valence-corrected chi connectivity index (χ3v) is 8.09. The molecule has 1 aliphatic rings. The summed E-state index contributed by atoms with van der Waals surface area (Å²) in [7, 11) is -0.286. The first-order valence-electron chi connectivity index (χ1n) is 10.1. The second kappa shape index (κ2) is 9.39. The van der Waals surface area contributed by atoms with Gasteiger partial charge in [0.05, 0.1) is 20.9 Å². The number of aromatic amines is 1. The molecule has 1 unspecified atom stereocenters. The van der Waals surface area contributed by atoms with Crippen LogP contribution >= 0.6 is 0 Å². The van der Waals surface area contributed by atoms with Crippen molar-refractivity contribution in [2.24, 2.45) is 16.0 Å². The van der Waals surface area contributed by atoms with E-state index in [1.165, 1.54) is 6.08 Å². The van der Waals surface area contributed by atoms with Crippen LogP contribution in [-0.2, 0) is 9.73 Å². The minimum Gasteiger partial charge on any atom is -0.401 e. The summed E-state index contributed by atoms with van der Waals surface area (Å²) in [6.45, 7) is 2.43. The summed E-state index contributed by atoms with van der Waals surface area (Å²) >= 11 is 0. The third-order valence-electron chi connectivity index (χ3n) is 5.58. The fourth-order valence-corrected chi connectivity index (χ4v) is 6.66. The van der Waals surface area contributed by atoms with Crippen molar-refractivity contribution in [1.29, 1.82) is 5.41 Å². The zero-order valence-corrected chi connectivity index (χ0v) is 18.0. The zero-order valence-electron chi connectivity index (χ0n) is 17.2. The van der Waals surface area contributed by atoms with Crippen LogP contribution in [0.5, 0.6) is 0 Å². The standard InChI is InChI=1S/C20H31N7OS/c1-3-26-29(28,13-16(22)8-10-21)12-15-4-6-17(7-5-15)27(2)20-18-9-11-23-19(18)24-14-25-20/h8-11,14-15,17,21H,3-7,12-13,22H2,1-2H3,(H,23,24,25)/b16-8-,21-10?. The minimum atomic E-state index is -2.38. The van der Waals surface area contributed by atoms with Crippen LogP contribution in [0.3, 0.4) is 0 Å². The van der Waals surface area contributed by atoms with Crippen molar-refractivity contribution in [3.63, 3.8) is 0 Å². The molecule has 1 atom stereocenters. The van der Waals surface area contributed by atoms with E-state index in [9.17, 15) is 4.21 Å². The molecule has 0 aromatic carbocycles. The van der Waals surface area contributed by atoms with E-state index in [-0.39, 0.29) is 5.75 Å². The number of rotatable bonds is 8. The molecular formula is C20H31N7OS. The average molecular weight is 418 g/mol. The number of fused-ring (bicyclic) bond motifs is 1. The van der Waals surface area contributed by atoms with Crippen molar-refractivity contribution in [3.05, 3.63) is 30.4 Å². The number of hydrogen-bond acceptors (Lipinski definition) is 7. The molecule has 29 heavy (non-hydrogen) atoms. The summed E-state index contributed by atoms with van der Waals surface area (Å²) in [6, 6.07) is 2.42. The van der Waals surface area contributed by atoms with E-state index in [0.717, 1.165) is 48.7 Å². The van der Waals surface area contributed by atoms with E-state index >= 15 is 0 Å². The molecule has 2 aromatic rings. The Bertz CT molecular complexity index is 982. The van der Waals surface area contributed by atoms with Crippen LogP contribution in [0.4, 0.5) is 5.82 Å². The van der Waals surface area contributed by atoms with E-state index < -0.39 is 9.73 Å². The minimum absolute atomic E-state index is 0.252. The Balaban J connectivity index is 1.64. The molecule has 4 N–H and O–H groups in total. The van der Waals surface area contributed by atoms with Gasteiger partial charge >= 0.3 is 0 Å². The van der Waals surface area contributed by atoms with Gasteiger partial charge in [-0.2, -0.15) is 0 Å². The van der Waals surface area contributed by atoms with Crippen molar-refractivity contribution in [2.45, 2.75) is 38.6 Å². The van der Waals surface area contributed by atoms with Crippen LogP contribution in [0.1, 0.15) is 32.6 Å². The average Bonchev–Trinajstić information content (AvgIpc) is 3.17. The number of nitrogens with two attached hydrogens (primary N) is 1. The van der Waals surface area contributed by atoms with Gasteiger partial charge in [-0.1, -0.05) is 0 Å². The highest BCUT2D eigenvalue weighted by Gasteiger charge is 2.28. The van der Waals surface area contributed by atoms with Gasteiger partial charge in [-0.25, -0.2) is 18.5 Å². The lowest BCUT2D eigenvalue weighted by Crippen LogP contribution is -2.37. The van der Waals surface area contributed by atoms with Crippen LogP contribution in [0, 0.1) is 11.3 Å². The summed E-state index contributed by atoms with van der Waals surface area (Å²) < 4.78 is 17.7. The fourth-order valence-electron chi connectivity index (χ4n) is 4.19. The van der Waals surface area contributed by atoms with Crippen molar-refractivity contribution < 1.29 is 4.21 Å². The SMILES string of the molecule is CCN=S(=O)(C/C(N)=C/C=N)CC1CCC(N(C)c2ncnc3[nH]ccc23)CC1. The van der Waals surface area contributed by atoms with Gasteiger partial charge in [0.15, 0.2) is 0 Å².